The van der Waals surface area contributed by atoms with Crippen molar-refractivity contribution in [1.29, 1.82) is 0 Å². The van der Waals surface area contributed by atoms with Crippen LogP contribution in [-0.2, 0) is 0 Å². The Morgan fingerprint density at radius 2 is 1.38 bits per heavy atom. The van der Waals surface area contributed by atoms with E-state index in [1.54, 1.807) is 9.48 Å². The Bertz CT molecular complexity index is 967. The van der Waals surface area contributed by atoms with E-state index in [0.29, 0.717) is 5.95 Å². The highest BCUT2D eigenvalue weighted by molar-refractivity contribution is 5.49. The lowest BCUT2D eigenvalue weighted by molar-refractivity contribution is -0.647. The van der Waals surface area contributed by atoms with Crippen molar-refractivity contribution < 1.29 is 4.68 Å². The largest absolute Gasteiger partial charge is 0.424 e. The van der Waals surface area contributed by atoms with E-state index in [9.17, 15) is 0 Å². The molecule has 1 heterocycles. The molecule has 4 rings (SSSR count). The van der Waals surface area contributed by atoms with Crippen molar-refractivity contribution in [3.63, 3.8) is 0 Å². The molecule has 0 spiro atoms. The van der Waals surface area contributed by atoms with Gasteiger partial charge in [-0.15, -0.1) is 0 Å². The number of hydrazine groups is 1. The van der Waals surface area contributed by atoms with E-state index in [1.165, 1.54) is 0 Å². The predicted molar refractivity (Wildman–Crippen MR) is 101 cm³/mol. The first-order valence-corrected chi connectivity index (χ1v) is 8.37. The molecule has 0 aliphatic heterocycles. The molecule has 0 amide bonds. The van der Waals surface area contributed by atoms with Gasteiger partial charge in [-0.1, -0.05) is 59.3 Å². The Balaban J connectivity index is 1.73. The third kappa shape index (κ3) is 3.25. The standard InChI is InChI=1S/C20H19N6/c1-24(17-11-5-2-6-12-17)21-20-22-26(19-15-9-4-10-16-19)23-25(20)18-13-7-3-8-14-18/h2-16H,1H3,(H,21,22,23)/q+1. The van der Waals surface area contributed by atoms with Crippen molar-refractivity contribution >= 4 is 11.6 Å². The first-order valence-electron chi connectivity index (χ1n) is 8.37. The summed E-state index contributed by atoms with van der Waals surface area (Å²) in [5.74, 6) is 0.617. The number of hydrogen-bond acceptors (Lipinski definition) is 4. The lowest BCUT2D eigenvalue weighted by Crippen LogP contribution is -2.40. The SMILES string of the molecule is CN(Nc1nn(-c2ccccc2)n[n+]1-c1ccccc1)c1ccccc1. The van der Waals surface area contributed by atoms with Crippen LogP contribution in [0.2, 0.25) is 0 Å². The minimum Gasteiger partial charge on any atom is -0.253 e. The van der Waals surface area contributed by atoms with Crippen LogP contribution < -0.4 is 15.1 Å². The Labute approximate surface area is 151 Å². The molecule has 0 atom stereocenters. The van der Waals surface area contributed by atoms with Crippen molar-refractivity contribution in [3.05, 3.63) is 91.0 Å². The van der Waals surface area contributed by atoms with E-state index in [2.05, 4.69) is 15.7 Å². The molecule has 6 heteroatoms. The number of hydrogen-bond donors (Lipinski definition) is 1. The number of anilines is 2. The summed E-state index contributed by atoms with van der Waals surface area (Å²) < 4.78 is 1.78. The van der Waals surface area contributed by atoms with Gasteiger partial charge in [-0.25, -0.2) is 0 Å². The van der Waals surface area contributed by atoms with E-state index in [0.717, 1.165) is 17.1 Å². The van der Waals surface area contributed by atoms with Crippen molar-refractivity contribution in [2.24, 2.45) is 0 Å². The molecular formula is C20H19N6+. The first kappa shape index (κ1) is 15.8. The summed E-state index contributed by atoms with van der Waals surface area (Å²) in [6.07, 6.45) is 0. The van der Waals surface area contributed by atoms with Gasteiger partial charge in [-0.2, -0.15) is 5.43 Å². The van der Waals surface area contributed by atoms with Gasteiger partial charge in [0.15, 0.2) is 0 Å². The topological polar surface area (TPSA) is 49.9 Å². The molecule has 4 aromatic rings. The Morgan fingerprint density at radius 1 is 0.808 bits per heavy atom. The first-order chi connectivity index (χ1) is 12.8. The smallest absolute Gasteiger partial charge is 0.253 e. The highest BCUT2D eigenvalue weighted by Crippen LogP contribution is 2.13. The molecule has 0 bridgehead atoms. The predicted octanol–water partition coefficient (Wildman–Crippen LogP) is 3.01. The van der Waals surface area contributed by atoms with Gasteiger partial charge in [0.2, 0.25) is 0 Å². The molecular weight excluding hydrogens is 324 g/mol. The minimum absolute atomic E-state index is 0.617. The van der Waals surface area contributed by atoms with Gasteiger partial charge in [-0.3, -0.25) is 5.01 Å². The highest BCUT2D eigenvalue weighted by Gasteiger charge is 2.22. The number of benzene rings is 3. The minimum atomic E-state index is 0.617. The zero-order valence-electron chi connectivity index (χ0n) is 14.4. The summed E-state index contributed by atoms with van der Waals surface area (Å²) >= 11 is 0. The van der Waals surface area contributed by atoms with E-state index in [-0.39, 0.29) is 0 Å². The molecule has 128 valence electrons. The number of aromatic nitrogens is 4. The average Bonchev–Trinajstić information content (AvgIpc) is 3.14. The monoisotopic (exact) mass is 343 g/mol. The van der Waals surface area contributed by atoms with Crippen molar-refractivity contribution in [2.75, 3.05) is 17.5 Å². The van der Waals surface area contributed by atoms with Gasteiger partial charge in [0, 0.05) is 12.3 Å². The van der Waals surface area contributed by atoms with E-state index < -0.39 is 0 Å². The summed E-state index contributed by atoms with van der Waals surface area (Å²) in [6.45, 7) is 0. The number of tetrazole rings is 1. The second-order valence-corrected chi connectivity index (χ2v) is 5.79. The zero-order valence-corrected chi connectivity index (χ0v) is 14.4. The Morgan fingerprint density at radius 3 is 2.04 bits per heavy atom. The average molecular weight is 343 g/mol. The lowest BCUT2D eigenvalue weighted by Gasteiger charge is -2.15. The van der Waals surface area contributed by atoms with Crippen LogP contribution in [0.3, 0.4) is 0 Å². The molecule has 6 nitrogen and oxygen atoms in total. The molecule has 0 saturated carbocycles. The van der Waals surface area contributed by atoms with Crippen LogP contribution in [0.25, 0.3) is 11.4 Å². The number of nitrogens with one attached hydrogen (secondary N) is 1. The quantitative estimate of drug-likeness (QED) is 0.447. The Kier molecular flexibility index (Phi) is 4.30. The number of nitrogens with zero attached hydrogens (tertiary/aromatic N) is 5. The van der Waals surface area contributed by atoms with Crippen LogP contribution in [0.15, 0.2) is 91.0 Å². The molecule has 3 aromatic carbocycles. The van der Waals surface area contributed by atoms with Gasteiger partial charge in [0.1, 0.15) is 11.4 Å². The van der Waals surface area contributed by atoms with Crippen LogP contribution in [0.4, 0.5) is 11.6 Å². The number of rotatable bonds is 5. The molecule has 1 N–H and O–H groups in total. The summed E-state index contributed by atoms with van der Waals surface area (Å²) in [7, 11) is 1.95. The third-order valence-electron chi connectivity index (χ3n) is 3.96. The fraction of sp³-hybridized carbons (Fsp3) is 0.0500. The van der Waals surface area contributed by atoms with Gasteiger partial charge < -0.3 is 0 Å². The molecule has 0 saturated heterocycles. The fourth-order valence-corrected chi connectivity index (χ4v) is 2.63. The maximum atomic E-state index is 4.64. The molecule has 0 unspecified atom stereocenters. The molecule has 0 fully saturated rings. The third-order valence-corrected chi connectivity index (χ3v) is 3.96. The number of para-hydroxylation sites is 3. The second kappa shape index (κ2) is 7.06. The summed E-state index contributed by atoms with van der Waals surface area (Å²) in [5, 5.41) is 11.2. The van der Waals surface area contributed by atoms with E-state index in [4.69, 9.17) is 0 Å². The van der Waals surface area contributed by atoms with Crippen molar-refractivity contribution in [2.45, 2.75) is 0 Å². The molecule has 26 heavy (non-hydrogen) atoms. The molecule has 0 aliphatic carbocycles. The van der Waals surface area contributed by atoms with Gasteiger partial charge in [0.25, 0.3) is 0 Å². The summed E-state index contributed by atoms with van der Waals surface area (Å²) in [5.41, 5.74) is 6.17. The van der Waals surface area contributed by atoms with Gasteiger partial charge >= 0.3 is 5.95 Å². The fourth-order valence-electron chi connectivity index (χ4n) is 2.63. The van der Waals surface area contributed by atoms with Crippen LogP contribution in [0.1, 0.15) is 0 Å². The van der Waals surface area contributed by atoms with Crippen LogP contribution in [0, 0.1) is 0 Å². The molecule has 1 aromatic heterocycles. The summed E-state index contributed by atoms with van der Waals surface area (Å²) in [4.78, 5) is 1.62. The van der Waals surface area contributed by atoms with Crippen molar-refractivity contribution in [1.82, 2.24) is 15.1 Å². The summed E-state index contributed by atoms with van der Waals surface area (Å²) in [6, 6.07) is 29.8. The van der Waals surface area contributed by atoms with Crippen molar-refractivity contribution in [3.8, 4) is 11.4 Å². The Hall–Kier alpha value is -3.67. The second-order valence-electron chi connectivity index (χ2n) is 5.79. The molecule has 0 radical (unpaired) electrons. The highest BCUT2D eigenvalue weighted by atomic mass is 15.7. The van der Waals surface area contributed by atoms with Crippen LogP contribution in [-0.4, -0.2) is 22.2 Å². The van der Waals surface area contributed by atoms with Gasteiger partial charge in [-0.05, 0) is 41.2 Å². The normalized spacial score (nSPS) is 10.5. The van der Waals surface area contributed by atoms with Crippen LogP contribution >= 0.6 is 0 Å². The van der Waals surface area contributed by atoms with Crippen LogP contribution in [0.5, 0.6) is 0 Å². The van der Waals surface area contributed by atoms with Gasteiger partial charge in [0.05, 0.1) is 10.8 Å². The van der Waals surface area contributed by atoms with E-state index in [1.807, 2.05) is 103 Å². The zero-order chi connectivity index (χ0) is 17.8. The lowest BCUT2D eigenvalue weighted by atomic mass is 10.3. The van der Waals surface area contributed by atoms with E-state index >= 15 is 0 Å². The maximum absolute atomic E-state index is 4.64. The maximum Gasteiger partial charge on any atom is 0.424 e. The molecule has 0 aliphatic rings.